The molecule has 0 fully saturated rings. The molecule has 5 heteroatoms. The molecule has 17 heavy (non-hydrogen) atoms. The third kappa shape index (κ3) is 4.57. The highest BCUT2D eigenvalue weighted by Gasteiger charge is 2.20. The first-order chi connectivity index (χ1) is 8.13. The highest BCUT2D eigenvalue weighted by molar-refractivity contribution is 5.78. The van der Waals surface area contributed by atoms with E-state index in [1.54, 1.807) is 24.3 Å². The highest BCUT2D eigenvalue weighted by atomic mass is 16.5. The predicted octanol–water partition coefficient (Wildman–Crippen LogP) is 3.32. The van der Waals surface area contributed by atoms with Gasteiger partial charge in [-0.2, -0.15) is 0 Å². The minimum absolute atomic E-state index is 0.258. The van der Waals surface area contributed by atoms with E-state index in [9.17, 15) is 4.79 Å². The lowest BCUT2D eigenvalue weighted by molar-refractivity contribution is -0.136. The fourth-order valence-electron chi connectivity index (χ4n) is 1.37. The summed E-state index contributed by atoms with van der Waals surface area (Å²) in [5.41, 5.74) is 8.42. The molecule has 1 rings (SSSR count). The number of esters is 1. The van der Waals surface area contributed by atoms with Gasteiger partial charge >= 0.3 is 5.97 Å². The standard InChI is InChI=1S/C12H15N3O2/c1-9(2)8-11(14-15-13)12(16)17-10-6-4-3-5-7-10/h3-7,9,11H,8H2,1-2H3/t11-/m0/s1. The van der Waals surface area contributed by atoms with E-state index in [0.29, 0.717) is 12.2 Å². The molecule has 0 aliphatic carbocycles. The van der Waals surface area contributed by atoms with E-state index in [0.717, 1.165) is 0 Å². The van der Waals surface area contributed by atoms with E-state index >= 15 is 0 Å². The lowest BCUT2D eigenvalue weighted by atomic mass is 10.0. The summed E-state index contributed by atoms with van der Waals surface area (Å²) in [6.07, 6.45) is 0.482. The molecule has 0 saturated heterocycles. The maximum Gasteiger partial charge on any atom is 0.320 e. The molecule has 0 aromatic heterocycles. The molecule has 0 aliphatic rings. The minimum atomic E-state index is -0.764. The van der Waals surface area contributed by atoms with Gasteiger partial charge in [0.05, 0.1) is 0 Å². The lowest BCUT2D eigenvalue weighted by Gasteiger charge is -2.12. The molecule has 0 amide bonds. The van der Waals surface area contributed by atoms with Gasteiger partial charge in [-0.1, -0.05) is 37.2 Å². The second-order valence-corrected chi connectivity index (χ2v) is 4.08. The van der Waals surface area contributed by atoms with Crippen molar-refractivity contribution >= 4 is 5.97 Å². The van der Waals surface area contributed by atoms with Crippen LogP contribution in [-0.2, 0) is 4.79 Å². The zero-order valence-corrected chi connectivity index (χ0v) is 9.91. The second kappa shape index (κ2) is 6.55. The second-order valence-electron chi connectivity index (χ2n) is 4.08. The Morgan fingerprint density at radius 2 is 2.06 bits per heavy atom. The minimum Gasteiger partial charge on any atom is -0.426 e. The van der Waals surface area contributed by atoms with Crippen LogP contribution in [-0.4, -0.2) is 12.0 Å². The molecule has 0 radical (unpaired) electrons. The van der Waals surface area contributed by atoms with Crippen LogP contribution in [0.1, 0.15) is 20.3 Å². The summed E-state index contributed by atoms with van der Waals surface area (Å²) < 4.78 is 5.13. The SMILES string of the molecule is CC(C)C[C@H](N=[N+]=[N-])C(=O)Oc1ccccc1. The van der Waals surface area contributed by atoms with Gasteiger partial charge in [-0.3, -0.25) is 4.79 Å². The molecule has 0 unspecified atom stereocenters. The monoisotopic (exact) mass is 233 g/mol. The van der Waals surface area contributed by atoms with Crippen LogP contribution < -0.4 is 4.74 Å². The van der Waals surface area contributed by atoms with Crippen molar-refractivity contribution in [2.24, 2.45) is 11.0 Å². The zero-order valence-electron chi connectivity index (χ0n) is 9.91. The molecule has 0 N–H and O–H groups in total. The number of ether oxygens (including phenoxy) is 1. The van der Waals surface area contributed by atoms with E-state index in [-0.39, 0.29) is 5.92 Å². The molecular weight excluding hydrogens is 218 g/mol. The van der Waals surface area contributed by atoms with Gasteiger partial charge in [0.1, 0.15) is 11.8 Å². The van der Waals surface area contributed by atoms with Crippen molar-refractivity contribution in [1.29, 1.82) is 0 Å². The van der Waals surface area contributed by atoms with Crippen molar-refractivity contribution in [3.8, 4) is 5.75 Å². The highest BCUT2D eigenvalue weighted by Crippen LogP contribution is 2.14. The Morgan fingerprint density at radius 3 is 2.59 bits per heavy atom. The molecule has 0 bridgehead atoms. The fourth-order valence-corrected chi connectivity index (χ4v) is 1.37. The Morgan fingerprint density at radius 1 is 1.41 bits per heavy atom. The molecule has 0 spiro atoms. The molecule has 5 nitrogen and oxygen atoms in total. The first kappa shape index (κ1) is 13.1. The smallest absolute Gasteiger partial charge is 0.320 e. The van der Waals surface area contributed by atoms with Crippen LogP contribution in [0, 0.1) is 5.92 Å². The Labute approximate surface area is 100 Å². The number of hydrogen-bond donors (Lipinski definition) is 0. The third-order valence-electron chi connectivity index (χ3n) is 2.12. The first-order valence-corrected chi connectivity index (χ1v) is 5.44. The third-order valence-corrected chi connectivity index (χ3v) is 2.12. The van der Waals surface area contributed by atoms with Gasteiger partial charge in [-0.05, 0) is 30.0 Å². The summed E-state index contributed by atoms with van der Waals surface area (Å²) in [6.45, 7) is 3.91. The number of rotatable bonds is 5. The topological polar surface area (TPSA) is 75.1 Å². The van der Waals surface area contributed by atoms with E-state index < -0.39 is 12.0 Å². The summed E-state index contributed by atoms with van der Waals surface area (Å²) >= 11 is 0. The van der Waals surface area contributed by atoms with Gasteiger partial charge in [0.15, 0.2) is 0 Å². The van der Waals surface area contributed by atoms with Gasteiger partial charge in [0.2, 0.25) is 0 Å². The van der Waals surface area contributed by atoms with Gasteiger partial charge in [0.25, 0.3) is 0 Å². The Balaban J connectivity index is 2.69. The lowest BCUT2D eigenvalue weighted by Crippen LogP contribution is -2.25. The van der Waals surface area contributed by atoms with Crippen LogP contribution in [0.3, 0.4) is 0 Å². The van der Waals surface area contributed by atoms with Crippen LogP contribution in [0.25, 0.3) is 10.4 Å². The summed E-state index contributed by atoms with van der Waals surface area (Å²) in [5.74, 6) is 0.205. The van der Waals surface area contributed by atoms with Crippen molar-refractivity contribution in [3.63, 3.8) is 0 Å². The number of carbonyl (C=O) groups excluding carboxylic acids is 1. The van der Waals surface area contributed by atoms with Gasteiger partial charge in [0, 0.05) is 4.91 Å². The Bertz CT molecular complexity index is 411. The average Bonchev–Trinajstić information content (AvgIpc) is 2.29. The van der Waals surface area contributed by atoms with Crippen molar-refractivity contribution in [2.75, 3.05) is 0 Å². The normalized spacial score (nSPS) is 11.7. The van der Waals surface area contributed by atoms with Gasteiger partial charge in [-0.15, -0.1) is 0 Å². The van der Waals surface area contributed by atoms with Gasteiger partial charge < -0.3 is 4.74 Å². The molecular formula is C12H15N3O2. The van der Waals surface area contributed by atoms with E-state index in [4.69, 9.17) is 10.3 Å². The Hall–Kier alpha value is -2.00. The van der Waals surface area contributed by atoms with E-state index in [1.165, 1.54) is 0 Å². The average molecular weight is 233 g/mol. The van der Waals surface area contributed by atoms with Crippen molar-refractivity contribution < 1.29 is 9.53 Å². The molecule has 0 heterocycles. The number of carbonyl (C=O) groups is 1. The van der Waals surface area contributed by atoms with Crippen LogP contribution >= 0.6 is 0 Å². The number of nitrogens with zero attached hydrogens (tertiary/aromatic N) is 3. The Kier molecular flexibility index (Phi) is 5.04. The molecule has 0 saturated carbocycles. The molecule has 1 atom stereocenters. The number of hydrogen-bond acceptors (Lipinski definition) is 3. The molecule has 0 aliphatic heterocycles. The van der Waals surface area contributed by atoms with Crippen LogP contribution in [0.15, 0.2) is 35.4 Å². The number of benzene rings is 1. The summed E-state index contributed by atoms with van der Waals surface area (Å²) in [7, 11) is 0. The van der Waals surface area contributed by atoms with Crippen LogP contribution in [0.4, 0.5) is 0 Å². The van der Waals surface area contributed by atoms with E-state index in [2.05, 4.69) is 10.0 Å². The van der Waals surface area contributed by atoms with Crippen molar-refractivity contribution in [1.82, 2.24) is 0 Å². The fraction of sp³-hybridized carbons (Fsp3) is 0.417. The number of azide groups is 1. The first-order valence-electron chi connectivity index (χ1n) is 5.44. The largest absolute Gasteiger partial charge is 0.426 e. The van der Waals surface area contributed by atoms with Crippen molar-refractivity contribution in [2.45, 2.75) is 26.3 Å². The van der Waals surface area contributed by atoms with Crippen molar-refractivity contribution in [3.05, 3.63) is 40.8 Å². The molecule has 1 aromatic carbocycles. The van der Waals surface area contributed by atoms with Gasteiger partial charge in [-0.25, -0.2) is 0 Å². The molecule has 1 aromatic rings. The zero-order chi connectivity index (χ0) is 12.7. The van der Waals surface area contributed by atoms with Crippen LogP contribution in [0.5, 0.6) is 5.75 Å². The predicted molar refractivity (Wildman–Crippen MR) is 64.5 cm³/mol. The quantitative estimate of drug-likeness (QED) is 0.257. The summed E-state index contributed by atoms with van der Waals surface area (Å²) in [6, 6.07) is 7.97. The van der Waals surface area contributed by atoms with E-state index in [1.807, 2.05) is 19.9 Å². The summed E-state index contributed by atoms with van der Waals surface area (Å²) in [4.78, 5) is 14.4. The maximum absolute atomic E-state index is 11.8. The number of para-hydroxylation sites is 1. The molecule has 90 valence electrons. The van der Waals surface area contributed by atoms with Crippen LogP contribution in [0.2, 0.25) is 0 Å². The summed E-state index contributed by atoms with van der Waals surface area (Å²) in [5, 5.41) is 3.47. The maximum atomic E-state index is 11.8.